The fourth-order valence-corrected chi connectivity index (χ4v) is 2.70. The van der Waals surface area contributed by atoms with Gasteiger partial charge in [-0.25, -0.2) is 8.78 Å². The highest BCUT2D eigenvalue weighted by Crippen LogP contribution is 2.31. The van der Waals surface area contributed by atoms with Crippen LogP contribution in [0.2, 0.25) is 0 Å². The zero-order valence-corrected chi connectivity index (χ0v) is 8.41. The molecule has 1 nitrogen and oxygen atoms in total. The minimum absolute atomic E-state index is 0.157. The summed E-state index contributed by atoms with van der Waals surface area (Å²) in [7, 11) is 0. The van der Waals surface area contributed by atoms with Crippen LogP contribution in [0.3, 0.4) is 0 Å². The highest BCUT2D eigenvalue weighted by Gasteiger charge is 2.20. The molecule has 0 amide bonds. The fourth-order valence-electron chi connectivity index (χ4n) is 1.64. The molecule has 1 aromatic rings. The summed E-state index contributed by atoms with van der Waals surface area (Å²) in [5.41, 5.74) is 7.07. The summed E-state index contributed by atoms with van der Waals surface area (Å²) < 4.78 is 26.3. The minimum Gasteiger partial charge on any atom is -0.324 e. The van der Waals surface area contributed by atoms with Crippen LogP contribution in [0.4, 0.5) is 8.78 Å². The van der Waals surface area contributed by atoms with Gasteiger partial charge in [0.2, 0.25) is 0 Å². The molecule has 0 fully saturated rings. The lowest BCUT2D eigenvalue weighted by molar-refractivity contribution is 0.498. The van der Waals surface area contributed by atoms with Gasteiger partial charge in [-0.3, -0.25) is 0 Å². The van der Waals surface area contributed by atoms with Gasteiger partial charge < -0.3 is 5.73 Å². The van der Waals surface area contributed by atoms with Crippen molar-refractivity contribution in [1.29, 1.82) is 0 Å². The zero-order valence-electron chi connectivity index (χ0n) is 7.59. The summed E-state index contributed by atoms with van der Waals surface area (Å²) in [6.45, 7) is 0. The van der Waals surface area contributed by atoms with E-state index >= 15 is 0 Å². The van der Waals surface area contributed by atoms with Crippen molar-refractivity contribution in [2.45, 2.75) is 18.2 Å². The molecule has 76 valence electrons. The summed E-state index contributed by atoms with van der Waals surface area (Å²) in [6, 6.07) is 2.60. The van der Waals surface area contributed by atoms with Gasteiger partial charge in [0, 0.05) is 17.4 Å². The Balaban J connectivity index is 2.53. The van der Waals surface area contributed by atoms with Crippen molar-refractivity contribution in [2.75, 3.05) is 5.75 Å². The largest absolute Gasteiger partial charge is 0.324 e. The van der Waals surface area contributed by atoms with E-state index in [1.807, 2.05) is 0 Å². The maximum atomic E-state index is 13.4. The second-order valence-corrected chi connectivity index (χ2v) is 4.48. The molecule has 1 aliphatic rings. The summed E-state index contributed by atoms with van der Waals surface area (Å²) in [5.74, 6) is -0.0883. The van der Waals surface area contributed by atoms with E-state index in [9.17, 15) is 8.78 Å². The van der Waals surface area contributed by atoms with Gasteiger partial charge in [0.25, 0.3) is 0 Å². The predicted octanol–water partition coefficient (Wildman–Crippen LogP) is 2.60. The lowest BCUT2D eigenvalue weighted by Crippen LogP contribution is -2.12. The standard InChI is InChI=1S/C10H11F2NS/c11-8-2-1-6-7(10(8)12)5-14-4-3-9(6)13/h1-2,9H,3-5,13H2/t9-/m0/s1. The highest BCUT2D eigenvalue weighted by atomic mass is 32.2. The monoisotopic (exact) mass is 215 g/mol. The van der Waals surface area contributed by atoms with Crippen LogP contribution in [0, 0.1) is 11.6 Å². The normalized spacial score (nSPS) is 21.5. The van der Waals surface area contributed by atoms with Crippen molar-refractivity contribution in [1.82, 2.24) is 0 Å². The minimum atomic E-state index is -0.779. The number of nitrogens with two attached hydrogens (primary N) is 1. The first-order valence-corrected chi connectivity index (χ1v) is 5.65. The summed E-state index contributed by atoms with van der Waals surface area (Å²) in [5, 5.41) is 0. The van der Waals surface area contributed by atoms with Crippen molar-refractivity contribution in [2.24, 2.45) is 5.73 Å². The predicted molar refractivity (Wildman–Crippen MR) is 54.1 cm³/mol. The number of fused-ring (bicyclic) bond motifs is 1. The molecule has 0 spiro atoms. The van der Waals surface area contributed by atoms with Crippen molar-refractivity contribution in [3.8, 4) is 0 Å². The van der Waals surface area contributed by atoms with Gasteiger partial charge in [0.1, 0.15) is 0 Å². The first kappa shape index (κ1) is 9.93. The van der Waals surface area contributed by atoms with Crippen molar-refractivity contribution >= 4 is 11.8 Å². The lowest BCUT2D eigenvalue weighted by Gasteiger charge is -2.12. The number of hydrogen-bond donors (Lipinski definition) is 1. The molecule has 2 N–H and O–H groups in total. The van der Waals surface area contributed by atoms with Gasteiger partial charge in [-0.1, -0.05) is 6.07 Å². The van der Waals surface area contributed by atoms with Crippen LogP contribution in [0.5, 0.6) is 0 Å². The molecule has 14 heavy (non-hydrogen) atoms. The van der Waals surface area contributed by atoms with Crippen LogP contribution >= 0.6 is 11.8 Å². The molecular weight excluding hydrogens is 204 g/mol. The van der Waals surface area contributed by atoms with Gasteiger partial charge in [-0.2, -0.15) is 11.8 Å². The quantitative estimate of drug-likeness (QED) is 0.720. The van der Waals surface area contributed by atoms with E-state index in [4.69, 9.17) is 5.73 Å². The third kappa shape index (κ3) is 1.64. The van der Waals surface area contributed by atoms with Crippen LogP contribution in [0.15, 0.2) is 12.1 Å². The second-order valence-electron chi connectivity index (χ2n) is 3.38. The second kappa shape index (κ2) is 3.87. The Bertz CT molecular complexity index is 354. The molecule has 1 aromatic carbocycles. The number of halogens is 2. The van der Waals surface area contributed by atoms with E-state index in [2.05, 4.69) is 0 Å². The topological polar surface area (TPSA) is 26.0 Å². The first-order valence-electron chi connectivity index (χ1n) is 4.50. The molecule has 4 heteroatoms. The molecule has 1 heterocycles. The number of rotatable bonds is 0. The maximum Gasteiger partial charge on any atom is 0.163 e. The SMILES string of the molecule is N[C@H]1CCSCc2c1ccc(F)c2F. The van der Waals surface area contributed by atoms with E-state index in [0.29, 0.717) is 11.3 Å². The Morgan fingerprint density at radius 2 is 2.14 bits per heavy atom. The van der Waals surface area contributed by atoms with E-state index in [1.54, 1.807) is 17.8 Å². The number of thioether (sulfide) groups is 1. The van der Waals surface area contributed by atoms with Gasteiger partial charge in [-0.15, -0.1) is 0 Å². The van der Waals surface area contributed by atoms with Gasteiger partial charge >= 0.3 is 0 Å². The first-order chi connectivity index (χ1) is 6.70. The maximum absolute atomic E-state index is 13.4. The molecule has 2 rings (SSSR count). The number of benzene rings is 1. The molecule has 0 radical (unpaired) electrons. The Morgan fingerprint density at radius 1 is 1.36 bits per heavy atom. The average Bonchev–Trinajstić information content (AvgIpc) is 2.35. The van der Waals surface area contributed by atoms with Crippen LogP contribution in [-0.4, -0.2) is 5.75 Å². The van der Waals surface area contributed by atoms with Crippen LogP contribution in [0.25, 0.3) is 0 Å². The lowest BCUT2D eigenvalue weighted by atomic mass is 9.99. The van der Waals surface area contributed by atoms with Gasteiger partial charge in [-0.05, 0) is 23.8 Å². The Kier molecular flexibility index (Phi) is 2.74. The molecule has 1 atom stereocenters. The van der Waals surface area contributed by atoms with Gasteiger partial charge in [0.05, 0.1) is 0 Å². The summed E-state index contributed by atoms with van der Waals surface area (Å²) >= 11 is 1.60. The van der Waals surface area contributed by atoms with E-state index in [-0.39, 0.29) is 6.04 Å². The zero-order chi connectivity index (χ0) is 10.1. The van der Waals surface area contributed by atoms with E-state index in [1.165, 1.54) is 0 Å². The highest BCUT2D eigenvalue weighted by molar-refractivity contribution is 7.98. The third-order valence-corrected chi connectivity index (χ3v) is 3.47. The van der Waals surface area contributed by atoms with Crippen molar-refractivity contribution in [3.63, 3.8) is 0 Å². The molecule has 0 bridgehead atoms. The summed E-state index contributed by atoms with van der Waals surface area (Å²) in [4.78, 5) is 0. The molecule has 0 saturated heterocycles. The van der Waals surface area contributed by atoms with Crippen molar-refractivity contribution < 1.29 is 8.78 Å². The smallest absolute Gasteiger partial charge is 0.163 e. The fraction of sp³-hybridized carbons (Fsp3) is 0.400. The number of hydrogen-bond acceptors (Lipinski definition) is 2. The Labute approximate surface area is 85.7 Å². The Morgan fingerprint density at radius 3 is 2.93 bits per heavy atom. The molecule has 0 aromatic heterocycles. The Hall–Kier alpha value is -0.610. The van der Waals surface area contributed by atoms with E-state index < -0.39 is 11.6 Å². The van der Waals surface area contributed by atoms with Crippen molar-refractivity contribution in [3.05, 3.63) is 34.9 Å². The van der Waals surface area contributed by atoms with Crippen LogP contribution < -0.4 is 5.73 Å². The summed E-state index contributed by atoms with van der Waals surface area (Å²) in [6.07, 6.45) is 0.822. The average molecular weight is 215 g/mol. The molecular formula is C10H11F2NS. The molecule has 0 saturated carbocycles. The molecule has 1 aliphatic heterocycles. The van der Waals surface area contributed by atoms with Gasteiger partial charge in [0.15, 0.2) is 11.6 Å². The third-order valence-electron chi connectivity index (χ3n) is 2.45. The van der Waals surface area contributed by atoms with Crippen LogP contribution in [-0.2, 0) is 5.75 Å². The van der Waals surface area contributed by atoms with E-state index in [0.717, 1.165) is 23.8 Å². The van der Waals surface area contributed by atoms with Crippen LogP contribution in [0.1, 0.15) is 23.6 Å². The molecule has 0 unspecified atom stereocenters. The molecule has 0 aliphatic carbocycles.